The minimum Gasteiger partial charge on any atom is -0.336 e. The fourth-order valence-corrected chi connectivity index (χ4v) is 4.54. The van der Waals surface area contributed by atoms with Crippen LogP contribution in [0.2, 0.25) is 0 Å². The van der Waals surface area contributed by atoms with Gasteiger partial charge in [0.2, 0.25) is 5.91 Å². The number of hydrogen-bond acceptors (Lipinski definition) is 8. The first kappa shape index (κ1) is 28.0. The molecule has 2 fully saturated rings. The predicted octanol–water partition coefficient (Wildman–Crippen LogP) is 1.51. The van der Waals surface area contributed by atoms with Gasteiger partial charge >= 0.3 is 11.8 Å². The van der Waals surface area contributed by atoms with E-state index in [-0.39, 0.29) is 17.9 Å². The molecule has 3 N–H and O–H groups in total. The Morgan fingerprint density at radius 3 is 2.46 bits per heavy atom. The Morgan fingerprint density at radius 2 is 1.79 bits per heavy atom. The summed E-state index contributed by atoms with van der Waals surface area (Å²) in [5.41, 5.74) is 5.61. The Labute approximate surface area is 228 Å². The summed E-state index contributed by atoms with van der Waals surface area (Å²) in [7, 11) is 2.12. The second kappa shape index (κ2) is 12.7. The van der Waals surface area contributed by atoms with E-state index in [1.165, 1.54) is 16.8 Å². The van der Waals surface area contributed by atoms with E-state index < -0.39 is 11.8 Å². The standard InChI is InChI=1S/C17H22N6O3.C10H15N3/c1-10(2)16(25)23-5-4-22(9-11(23)3)17(26)15(24)20-13-8-18-6-12-7-19-21-14(12)13;1-12-7-8-13(11-9-12)10-5-3-2-4-6-10/h6-8,10-11H,4-5,9H2,1-3H3,(H,19,21)(H,20,24);2-6,11H,7-9H2,1H3. The smallest absolute Gasteiger partial charge is 0.314 e. The summed E-state index contributed by atoms with van der Waals surface area (Å²) in [4.78, 5) is 46.6. The summed E-state index contributed by atoms with van der Waals surface area (Å²) in [6, 6.07) is 10.3. The first-order valence-electron chi connectivity index (χ1n) is 13.2. The van der Waals surface area contributed by atoms with Gasteiger partial charge in [0, 0.05) is 56.3 Å². The molecule has 0 spiro atoms. The number of aromatic amines is 1. The number of nitrogens with one attached hydrogen (secondary N) is 3. The average Bonchev–Trinajstić information content (AvgIpc) is 3.43. The van der Waals surface area contributed by atoms with Crippen LogP contribution in [0, 0.1) is 5.92 Å². The van der Waals surface area contributed by atoms with Gasteiger partial charge in [-0.3, -0.25) is 29.4 Å². The van der Waals surface area contributed by atoms with Gasteiger partial charge in [-0.05, 0) is 26.1 Å². The molecule has 208 valence electrons. The lowest BCUT2D eigenvalue weighted by atomic mass is 10.1. The molecule has 3 amide bonds. The van der Waals surface area contributed by atoms with Crippen molar-refractivity contribution in [2.24, 2.45) is 5.92 Å². The Hall–Kier alpha value is -4.03. The third kappa shape index (κ3) is 6.89. The summed E-state index contributed by atoms with van der Waals surface area (Å²) in [5, 5.41) is 12.2. The molecule has 1 aromatic carbocycles. The quantitative estimate of drug-likeness (QED) is 0.431. The van der Waals surface area contributed by atoms with Crippen molar-refractivity contribution in [3.8, 4) is 0 Å². The molecule has 1 atom stereocenters. The molecular formula is C27H37N9O3. The van der Waals surface area contributed by atoms with Crippen LogP contribution in [0.5, 0.6) is 0 Å². The van der Waals surface area contributed by atoms with Crippen molar-refractivity contribution < 1.29 is 14.4 Å². The number of benzene rings is 1. The number of anilines is 2. The first-order valence-corrected chi connectivity index (χ1v) is 13.2. The van der Waals surface area contributed by atoms with Gasteiger partial charge in [-0.2, -0.15) is 5.10 Å². The van der Waals surface area contributed by atoms with Crippen molar-refractivity contribution in [2.45, 2.75) is 26.8 Å². The highest BCUT2D eigenvalue weighted by atomic mass is 16.2. The molecule has 2 aliphatic heterocycles. The number of amides is 3. The van der Waals surface area contributed by atoms with Crippen molar-refractivity contribution in [1.82, 2.24) is 35.3 Å². The second-order valence-corrected chi connectivity index (χ2v) is 10.1. The number of piperazine rings is 1. The van der Waals surface area contributed by atoms with E-state index in [0.29, 0.717) is 30.8 Å². The molecule has 0 bridgehead atoms. The summed E-state index contributed by atoms with van der Waals surface area (Å²) >= 11 is 0. The van der Waals surface area contributed by atoms with Gasteiger partial charge in [-0.25, -0.2) is 5.43 Å². The number of fused-ring (bicyclic) bond motifs is 1. The highest BCUT2D eigenvalue weighted by Crippen LogP contribution is 2.19. The lowest BCUT2D eigenvalue weighted by Gasteiger charge is -2.40. The fraction of sp³-hybridized carbons (Fsp3) is 0.444. The Kier molecular flexibility index (Phi) is 9.10. The summed E-state index contributed by atoms with van der Waals surface area (Å²) in [6.45, 7) is 9.76. The normalized spacial score (nSPS) is 18.1. The molecule has 39 heavy (non-hydrogen) atoms. The van der Waals surface area contributed by atoms with Gasteiger partial charge in [-0.15, -0.1) is 0 Å². The molecule has 3 aromatic rings. The number of aromatic nitrogens is 3. The van der Waals surface area contributed by atoms with Gasteiger partial charge < -0.3 is 20.1 Å². The number of nitrogens with zero attached hydrogens (tertiary/aromatic N) is 6. The molecule has 2 aromatic heterocycles. The van der Waals surface area contributed by atoms with E-state index in [9.17, 15) is 14.4 Å². The number of H-pyrrole nitrogens is 1. The van der Waals surface area contributed by atoms with Gasteiger partial charge in [-0.1, -0.05) is 32.0 Å². The van der Waals surface area contributed by atoms with Gasteiger partial charge in [0.25, 0.3) is 0 Å². The molecule has 2 aliphatic rings. The molecular weight excluding hydrogens is 498 g/mol. The minimum atomic E-state index is -0.732. The first-order chi connectivity index (χ1) is 18.7. The molecule has 12 nitrogen and oxygen atoms in total. The topological polar surface area (TPSA) is 130 Å². The molecule has 12 heteroatoms. The number of likely N-dealkylation sites (N-methyl/N-ethyl adjacent to an activating group) is 1. The van der Waals surface area contributed by atoms with Crippen LogP contribution >= 0.6 is 0 Å². The maximum atomic E-state index is 12.5. The van der Waals surface area contributed by atoms with E-state index in [4.69, 9.17) is 0 Å². The molecule has 0 radical (unpaired) electrons. The number of carbonyl (C=O) groups is 3. The highest BCUT2D eigenvalue weighted by Gasteiger charge is 2.33. The van der Waals surface area contributed by atoms with Crippen LogP contribution in [-0.4, -0.2) is 100 Å². The van der Waals surface area contributed by atoms with Crippen molar-refractivity contribution in [1.29, 1.82) is 0 Å². The molecule has 0 aliphatic carbocycles. The van der Waals surface area contributed by atoms with Gasteiger partial charge in [0.05, 0.1) is 36.0 Å². The minimum absolute atomic E-state index is 0.0612. The van der Waals surface area contributed by atoms with Gasteiger partial charge in [0.15, 0.2) is 0 Å². The summed E-state index contributed by atoms with van der Waals surface area (Å²) < 4.78 is 0. The van der Waals surface area contributed by atoms with Crippen LogP contribution in [0.1, 0.15) is 20.8 Å². The van der Waals surface area contributed by atoms with E-state index in [1.54, 1.807) is 17.3 Å². The van der Waals surface area contributed by atoms with E-state index in [0.717, 1.165) is 25.1 Å². The third-order valence-corrected chi connectivity index (χ3v) is 6.79. The average molecular weight is 536 g/mol. The Morgan fingerprint density at radius 1 is 1.03 bits per heavy atom. The zero-order valence-corrected chi connectivity index (χ0v) is 22.9. The molecule has 5 rings (SSSR count). The fourth-order valence-electron chi connectivity index (χ4n) is 4.54. The second-order valence-electron chi connectivity index (χ2n) is 10.1. The lowest BCUT2D eigenvalue weighted by Crippen LogP contribution is -2.57. The van der Waals surface area contributed by atoms with E-state index >= 15 is 0 Å². The Balaban J connectivity index is 0.000000226. The third-order valence-electron chi connectivity index (χ3n) is 6.79. The Bertz CT molecular complexity index is 1270. The van der Waals surface area contributed by atoms with Crippen molar-refractivity contribution >= 4 is 40.0 Å². The predicted molar refractivity (Wildman–Crippen MR) is 150 cm³/mol. The SMILES string of the molecule is CC(C)C(=O)N1CCN(C(=O)C(=O)Nc2cncc3cn[nH]c23)CC1C.CN1CCN(c2ccccc2)NC1. The number of hydrazine groups is 1. The number of hydrogen-bond donors (Lipinski definition) is 3. The zero-order chi connectivity index (χ0) is 27.9. The van der Waals surface area contributed by atoms with Crippen molar-refractivity contribution in [3.05, 3.63) is 48.9 Å². The summed E-state index contributed by atoms with van der Waals surface area (Å²) in [6.07, 6.45) is 4.67. The van der Waals surface area contributed by atoms with E-state index in [2.05, 4.69) is 67.1 Å². The number of para-hydroxylation sites is 1. The molecule has 2 saturated heterocycles. The maximum absolute atomic E-state index is 12.5. The van der Waals surface area contributed by atoms with Crippen LogP contribution < -0.4 is 15.8 Å². The van der Waals surface area contributed by atoms with Crippen LogP contribution in [0.25, 0.3) is 10.9 Å². The van der Waals surface area contributed by atoms with Gasteiger partial charge in [0.1, 0.15) is 0 Å². The summed E-state index contributed by atoms with van der Waals surface area (Å²) in [5.74, 6) is -1.38. The lowest BCUT2D eigenvalue weighted by molar-refractivity contribution is -0.148. The molecule has 4 heterocycles. The van der Waals surface area contributed by atoms with Crippen LogP contribution in [-0.2, 0) is 14.4 Å². The highest BCUT2D eigenvalue weighted by molar-refractivity contribution is 6.40. The van der Waals surface area contributed by atoms with Crippen LogP contribution in [0.15, 0.2) is 48.9 Å². The molecule has 0 saturated carbocycles. The number of carbonyl (C=O) groups excluding carboxylic acids is 3. The zero-order valence-electron chi connectivity index (χ0n) is 22.9. The van der Waals surface area contributed by atoms with Crippen LogP contribution in [0.4, 0.5) is 11.4 Å². The maximum Gasteiger partial charge on any atom is 0.314 e. The number of rotatable bonds is 3. The van der Waals surface area contributed by atoms with Crippen LogP contribution in [0.3, 0.4) is 0 Å². The van der Waals surface area contributed by atoms with Crippen molar-refractivity contribution in [2.75, 3.05) is 56.8 Å². The number of pyridine rings is 1. The van der Waals surface area contributed by atoms with Crippen molar-refractivity contribution in [3.63, 3.8) is 0 Å². The monoisotopic (exact) mass is 535 g/mol. The largest absolute Gasteiger partial charge is 0.336 e. The van der Waals surface area contributed by atoms with E-state index in [1.807, 2.05) is 26.8 Å². The molecule has 1 unspecified atom stereocenters.